The molecule has 0 radical (unpaired) electrons. The second-order valence-electron chi connectivity index (χ2n) is 14.3. The Morgan fingerprint density at radius 3 is 2.65 bits per heavy atom. The minimum Gasteiger partial charge on any atom is -0.462 e. The molecule has 0 amide bonds. The lowest BCUT2D eigenvalue weighted by atomic mass is 9.49. The quantitative estimate of drug-likeness (QED) is 0.0792. The fourth-order valence-electron chi connectivity index (χ4n) is 9.02. The van der Waals surface area contributed by atoms with E-state index in [0.29, 0.717) is 18.6 Å². The van der Waals surface area contributed by atoms with Gasteiger partial charge in [0.1, 0.15) is 17.5 Å². The molecule has 8 atom stereocenters. The van der Waals surface area contributed by atoms with Gasteiger partial charge in [-0.1, -0.05) is 62.3 Å². The summed E-state index contributed by atoms with van der Waals surface area (Å²) in [6, 6.07) is 12.0. The van der Waals surface area contributed by atoms with Crippen molar-refractivity contribution in [2.45, 2.75) is 88.0 Å². The van der Waals surface area contributed by atoms with Gasteiger partial charge < -0.3 is 9.47 Å². The fourth-order valence-corrected chi connectivity index (χ4v) is 10.8. The van der Waals surface area contributed by atoms with Gasteiger partial charge in [0.25, 0.3) is 0 Å². The number of pyridine rings is 1. The molecule has 5 fully saturated rings. The number of ether oxygens (including phenoxy) is 2. The van der Waals surface area contributed by atoms with E-state index < -0.39 is 5.60 Å². The average Bonchev–Trinajstić information content (AvgIpc) is 3.35. The van der Waals surface area contributed by atoms with Crippen molar-refractivity contribution in [3.63, 3.8) is 0 Å². The van der Waals surface area contributed by atoms with Crippen LogP contribution in [0.5, 0.6) is 0 Å². The number of thioether (sulfide) groups is 1. The van der Waals surface area contributed by atoms with Crippen LogP contribution in [0.25, 0.3) is 11.3 Å². The predicted octanol–water partition coefficient (Wildman–Crippen LogP) is 7.96. The summed E-state index contributed by atoms with van der Waals surface area (Å²) in [6.45, 7) is 11.8. The number of rotatable bonds is 8. The smallest absolute Gasteiger partial charge is 0.316 e. The zero-order valence-corrected chi connectivity index (χ0v) is 29.1. The molecule has 3 aromatic rings. The van der Waals surface area contributed by atoms with Crippen molar-refractivity contribution in [2.75, 3.05) is 5.75 Å². The Bertz CT molecular complexity index is 1640. The topological polar surface area (TPSA) is 72.7 Å². The molecule has 1 saturated heterocycles. The number of hydrogen-bond donors (Lipinski definition) is 0. The molecule has 1 aliphatic heterocycles. The standard InChI is InChI=1S/C37H42ClN2O4S2/c1-5-37-19-28(18-35(4)14-15-36(24(3)33(37)44-37)13-10-30(41)32(36)23(35)2)43-31(42)22-46-34-39-29(21-45-34)26-11-16-40(17-12-26)20-25-6-8-27(38)9-7-25/h5-9,11-12,16-17,21,23-24,28,32-33H,1,10,13-15,18-20,22H2,2-4H3/q+1/t23-,24+,28+,32-,33+,35?,36-,37+/m1/s1. The van der Waals surface area contributed by atoms with Gasteiger partial charge >= 0.3 is 5.97 Å². The second kappa shape index (κ2) is 12.2. The zero-order valence-electron chi connectivity index (χ0n) is 26.7. The summed E-state index contributed by atoms with van der Waals surface area (Å²) in [7, 11) is 0. The minimum absolute atomic E-state index is 0.0103. The summed E-state index contributed by atoms with van der Waals surface area (Å²) >= 11 is 8.97. The lowest BCUT2D eigenvalue weighted by Gasteiger charge is -2.55. The van der Waals surface area contributed by atoms with E-state index in [-0.39, 0.29) is 52.5 Å². The molecule has 4 aliphatic carbocycles. The molecule has 5 aliphatic rings. The van der Waals surface area contributed by atoms with Crippen LogP contribution in [-0.2, 0) is 25.6 Å². The number of carbonyl (C=O) groups is 2. The molecule has 46 heavy (non-hydrogen) atoms. The molecule has 0 N–H and O–H groups in total. The van der Waals surface area contributed by atoms with Crippen LogP contribution in [0.2, 0.25) is 5.02 Å². The Hall–Kier alpha value is -2.52. The van der Waals surface area contributed by atoms with Crippen LogP contribution in [0.3, 0.4) is 0 Å². The molecule has 8 rings (SSSR count). The van der Waals surface area contributed by atoms with E-state index in [4.69, 9.17) is 26.1 Å². The number of nitrogens with zero attached hydrogens (tertiary/aromatic N) is 2. The van der Waals surface area contributed by atoms with Gasteiger partial charge in [-0.3, -0.25) is 9.59 Å². The first-order valence-corrected chi connectivity index (χ1v) is 18.6. The highest BCUT2D eigenvalue weighted by Gasteiger charge is 2.68. The van der Waals surface area contributed by atoms with E-state index in [1.807, 2.05) is 48.1 Å². The maximum absolute atomic E-state index is 13.3. The normalized spacial score (nSPS) is 34.9. The van der Waals surface area contributed by atoms with Gasteiger partial charge in [-0.05, 0) is 60.5 Å². The van der Waals surface area contributed by atoms with Crippen LogP contribution >= 0.6 is 34.7 Å². The zero-order chi connectivity index (χ0) is 32.3. The van der Waals surface area contributed by atoms with E-state index in [9.17, 15) is 9.59 Å². The number of carbonyl (C=O) groups excluding carboxylic acids is 2. The third-order valence-corrected chi connectivity index (χ3v) is 14.1. The van der Waals surface area contributed by atoms with E-state index >= 15 is 0 Å². The van der Waals surface area contributed by atoms with E-state index in [1.165, 1.54) is 28.7 Å². The van der Waals surface area contributed by atoms with Crippen molar-refractivity contribution >= 4 is 46.5 Å². The molecule has 4 saturated carbocycles. The number of aromatic nitrogens is 2. The predicted molar refractivity (Wildman–Crippen MR) is 182 cm³/mol. The van der Waals surface area contributed by atoms with Crippen LogP contribution in [0.15, 0.2) is 71.2 Å². The number of halogens is 1. The van der Waals surface area contributed by atoms with Gasteiger partial charge in [0.05, 0.1) is 17.6 Å². The molecule has 2 aromatic heterocycles. The van der Waals surface area contributed by atoms with Crippen molar-refractivity contribution in [2.24, 2.45) is 28.6 Å². The Morgan fingerprint density at radius 1 is 1.15 bits per heavy atom. The van der Waals surface area contributed by atoms with Crippen LogP contribution in [0.1, 0.15) is 64.9 Å². The van der Waals surface area contributed by atoms with Crippen molar-refractivity contribution in [3.8, 4) is 11.3 Å². The van der Waals surface area contributed by atoms with Crippen LogP contribution in [0.4, 0.5) is 0 Å². The van der Waals surface area contributed by atoms with Crippen LogP contribution in [0, 0.1) is 28.6 Å². The maximum atomic E-state index is 13.3. The number of ketones is 1. The Kier molecular flexibility index (Phi) is 8.48. The summed E-state index contributed by atoms with van der Waals surface area (Å²) in [4.78, 5) is 31.5. The molecule has 1 unspecified atom stereocenters. The van der Waals surface area contributed by atoms with E-state index in [0.717, 1.165) is 52.8 Å². The van der Waals surface area contributed by atoms with Crippen LogP contribution in [-0.4, -0.2) is 40.3 Å². The molecule has 1 aromatic carbocycles. The monoisotopic (exact) mass is 677 g/mol. The molecule has 3 heterocycles. The number of epoxide rings is 1. The number of Topliss-reactive ketones (excluding diaryl/α,β-unsaturated/α-hetero) is 1. The third-order valence-electron chi connectivity index (χ3n) is 11.8. The Labute approximate surface area is 284 Å². The highest BCUT2D eigenvalue weighted by atomic mass is 35.5. The summed E-state index contributed by atoms with van der Waals surface area (Å²) < 4.78 is 15.7. The Balaban J connectivity index is 1.00. The first-order valence-electron chi connectivity index (χ1n) is 16.4. The number of thiazole rings is 1. The third kappa shape index (κ3) is 5.78. The van der Waals surface area contributed by atoms with Gasteiger partial charge in [-0.15, -0.1) is 17.9 Å². The van der Waals surface area contributed by atoms with Gasteiger partial charge in [0.15, 0.2) is 23.3 Å². The van der Waals surface area contributed by atoms with E-state index in [1.54, 1.807) is 0 Å². The average molecular weight is 678 g/mol. The largest absolute Gasteiger partial charge is 0.462 e. The maximum Gasteiger partial charge on any atom is 0.316 e. The van der Waals surface area contributed by atoms with E-state index in [2.05, 4.69) is 44.0 Å². The summed E-state index contributed by atoms with van der Waals surface area (Å²) in [5.74, 6) is 0.915. The number of benzene rings is 1. The van der Waals surface area contributed by atoms with Crippen LogP contribution < -0.4 is 4.57 Å². The number of hydrogen-bond acceptors (Lipinski definition) is 7. The van der Waals surface area contributed by atoms with Gasteiger partial charge in [0, 0.05) is 52.4 Å². The van der Waals surface area contributed by atoms with Crippen molar-refractivity contribution in [1.29, 1.82) is 0 Å². The number of esters is 1. The minimum atomic E-state index is -0.494. The fraction of sp³-hybridized carbons (Fsp3) is 0.514. The summed E-state index contributed by atoms with van der Waals surface area (Å²) in [5.41, 5.74) is 2.54. The van der Waals surface area contributed by atoms with Crippen molar-refractivity contribution < 1.29 is 23.6 Å². The van der Waals surface area contributed by atoms with Crippen molar-refractivity contribution in [3.05, 3.63) is 77.4 Å². The Morgan fingerprint density at radius 2 is 1.91 bits per heavy atom. The summed E-state index contributed by atoms with van der Waals surface area (Å²) in [6.07, 6.45) is 10.8. The molecule has 6 nitrogen and oxygen atoms in total. The van der Waals surface area contributed by atoms with Gasteiger partial charge in [0.2, 0.25) is 0 Å². The lowest BCUT2D eigenvalue weighted by molar-refractivity contribution is -0.688. The molecular weight excluding hydrogens is 636 g/mol. The molecular formula is C37H42ClN2O4S2+. The first-order chi connectivity index (χ1) is 22.0. The summed E-state index contributed by atoms with van der Waals surface area (Å²) in [5, 5.41) is 2.77. The molecule has 2 bridgehead atoms. The van der Waals surface area contributed by atoms with Crippen molar-refractivity contribution in [1.82, 2.24) is 4.98 Å². The molecule has 242 valence electrons. The molecule has 9 heteroatoms. The SMILES string of the molecule is C=C[C@]12C[C@@H](OC(=O)CSc3nc(-c4cc[n+](Cc5ccc(Cl)cc5)cc4)cs3)CC3(C)CC[C@]4(CCC(=O)[C@H]4[C@H]3C)[C@@H](C)[C@@H]1O2. The lowest BCUT2D eigenvalue weighted by Crippen LogP contribution is -2.53. The number of fused-ring (bicyclic) bond motifs is 3. The first kappa shape index (κ1) is 32.0. The van der Waals surface area contributed by atoms with Gasteiger partial charge in [-0.2, -0.15) is 0 Å². The second-order valence-corrected chi connectivity index (χ2v) is 16.8. The highest BCUT2D eigenvalue weighted by Crippen LogP contribution is 2.67. The molecule has 1 spiro atoms. The van der Waals surface area contributed by atoms with Gasteiger partial charge in [-0.25, -0.2) is 9.55 Å². The highest BCUT2D eigenvalue weighted by molar-refractivity contribution is 8.01.